The fourth-order valence-electron chi connectivity index (χ4n) is 0. The Kier molecular flexibility index (Phi) is 14.6. The summed E-state index contributed by atoms with van der Waals surface area (Å²) in [6, 6.07) is 0. The van der Waals surface area contributed by atoms with Crippen molar-refractivity contribution in [3.05, 3.63) is 0 Å². The van der Waals surface area contributed by atoms with Gasteiger partial charge in [0.2, 0.25) is 0 Å². The van der Waals surface area contributed by atoms with Crippen LogP contribution in [0, 0.1) is 0 Å². The molecule has 0 aromatic rings. The zero-order valence-electron chi connectivity index (χ0n) is 7.21. The van der Waals surface area contributed by atoms with Crippen molar-refractivity contribution < 1.29 is 38.9 Å². The maximum absolute atomic E-state index is 8.85. The summed E-state index contributed by atoms with van der Waals surface area (Å²) in [7, 11) is -13.2. The summed E-state index contributed by atoms with van der Waals surface area (Å²) in [4.78, 5) is 0. The van der Waals surface area contributed by atoms with Gasteiger partial charge in [0.15, 0.2) is 30.9 Å². The molecule has 6 N–H and O–H groups in total. The standard InChI is InChI=1S/Ga.3H3NO3S/c;3*1-5(2,3)4/h;3*(H3,1,2,3,4)/q+3;;;/p-3. The van der Waals surface area contributed by atoms with Crippen molar-refractivity contribution in [3.63, 3.8) is 0 Å². The molecule has 0 amide bonds. The third-order valence-corrected chi connectivity index (χ3v) is 0. The molecule has 96 valence electrons. The van der Waals surface area contributed by atoms with Gasteiger partial charge in [0, 0.05) is 0 Å². The second-order valence-corrected chi connectivity index (χ2v) is 4.44. The predicted octanol–water partition coefficient (Wildman–Crippen LogP) is -5.16. The van der Waals surface area contributed by atoms with Gasteiger partial charge in [-0.3, -0.25) is 0 Å². The molecule has 0 aliphatic rings. The van der Waals surface area contributed by atoms with Gasteiger partial charge in [-0.1, -0.05) is 0 Å². The quantitative estimate of drug-likeness (QED) is 0.276. The first-order valence-electron chi connectivity index (χ1n) is 2.21. The molecular weight excluding hydrogens is 352 g/mol. The molecule has 0 saturated heterocycles. The van der Waals surface area contributed by atoms with Gasteiger partial charge in [-0.05, 0) is 0 Å². The van der Waals surface area contributed by atoms with E-state index in [0.717, 1.165) is 0 Å². The maximum Gasteiger partial charge on any atom is 3.00 e. The van der Waals surface area contributed by atoms with Crippen LogP contribution < -0.4 is 15.4 Å². The molecule has 0 bridgehead atoms. The Hall–Kier alpha value is 0.246. The average molecular weight is 358 g/mol. The van der Waals surface area contributed by atoms with Crippen LogP contribution in [0.2, 0.25) is 0 Å². The van der Waals surface area contributed by atoms with E-state index in [-0.39, 0.29) is 19.8 Å². The van der Waals surface area contributed by atoms with Crippen molar-refractivity contribution in [2.24, 2.45) is 15.4 Å². The van der Waals surface area contributed by atoms with Gasteiger partial charge >= 0.3 is 19.8 Å². The third kappa shape index (κ3) is 41200. The van der Waals surface area contributed by atoms with Crippen molar-refractivity contribution in [3.8, 4) is 0 Å². The first-order valence-corrected chi connectivity index (χ1v) is 6.62. The van der Waals surface area contributed by atoms with E-state index in [1.807, 2.05) is 0 Å². The summed E-state index contributed by atoms with van der Waals surface area (Å²) in [5.41, 5.74) is 0. The van der Waals surface area contributed by atoms with Crippen molar-refractivity contribution in [2.75, 3.05) is 0 Å². The van der Waals surface area contributed by atoms with Crippen LogP contribution >= 0.6 is 0 Å². The molecule has 0 rings (SSSR count). The minimum atomic E-state index is -4.42. The van der Waals surface area contributed by atoms with Crippen LogP contribution in [0.1, 0.15) is 0 Å². The zero-order chi connectivity index (χ0) is 13.5. The SMILES string of the molecule is NS(=O)(=O)[O-].NS(=O)(=O)[O-].NS(=O)(=O)[O-].[Ga+3]. The number of rotatable bonds is 0. The second kappa shape index (κ2) is 9.29. The van der Waals surface area contributed by atoms with Gasteiger partial charge in [0.25, 0.3) is 0 Å². The van der Waals surface area contributed by atoms with Gasteiger partial charge in [-0.2, -0.15) is 0 Å². The van der Waals surface area contributed by atoms with Gasteiger partial charge in [0.05, 0.1) is 0 Å². The van der Waals surface area contributed by atoms with E-state index in [1.54, 1.807) is 0 Å². The molecule has 12 nitrogen and oxygen atoms in total. The second-order valence-electron chi connectivity index (χ2n) is 1.48. The van der Waals surface area contributed by atoms with E-state index in [4.69, 9.17) is 38.9 Å². The molecule has 0 aromatic carbocycles. The van der Waals surface area contributed by atoms with Crippen LogP contribution in [0.4, 0.5) is 0 Å². The summed E-state index contributed by atoms with van der Waals surface area (Å²) in [5, 5.41) is 11.3. The Morgan fingerprint density at radius 1 is 0.562 bits per heavy atom. The Bertz CT molecular complexity index is 347. The topological polar surface area (TPSA) is 250 Å². The van der Waals surface area contributed by atoms with Gasteiger partial charge in [0.1, 0.15) is 0 Å². The van der Waals surface area contributed by atoms with Crippen LogP contribution in [0.3, 0.4) is 0 Å². The molecule has 0 heterocycles. The van der Waals surface area contributed by atoms with E-state index >= 15 is 0 Å². The molecule has 0 fully saturated rings. The smallest absolute Gasteiger partial charge is 0.736 e. The Labute approximate surface area is 105 Å². The molecule has 16 heavy (non-hydrogen) atoms. The normalized spacial score (nSPS) is 10.9. The van der Waals surface area contributed by atoms with Crippen LogP contribution in [0.5, 0.6) is 0 Å². The molecule has 0 saturated carbocycles. The van der Waals surface area contributed by atoms with Crippen LogP contribution in [0.15, 0.2) is 0 Å². The largest absolute Gasteiger partial charge is 3.00 e. The predicted molar refractivity (Wildman–Crippen MR) is 47.4 cm³/mol. The molecule has 0 unspecified atom stereocenters. The molecule has 0 aliphatic carbocycles. The van der Waals surface area contributed by atoms with E-state index in [0.29, 0.717) is 0 Å². The van der Waals surface area contributed by atoms with E-state index in [2.05, 4.69) is 15.4 Å². The summed E-state index contributed by atoms with van der Waals surface area (Å²) in [6.07, 6.45) is 0. The van der Waals surface area contributed by atoms with Gasteiger partial charge in [-0.15, -0.1) is 0 Å². The van der Waals surface area contributed by atoms with Crippen LogP contribution in [0.25, 0.3) is 0 Å². The number of nitrogens with two attached hydrogens (primary N) is 3. The van der Waals surface area contributed by atoms with Gasteiger partial charge < -0.3 is 13.7 Å². The van der Waals surface area contributed by atoms with Crippen molar-refractivity contribution in [1.29, 1.82) is 0 Å². The maximum atomic E-state index is 8.85. The Morgan fingerprint density at radius 3 is 0.562 bits per heavy atom. The molecule has 0 aromatic heterocycles. The first-order chi connectivity index (χ1) is 6.00. The number of hydrogen-bond donors (Lipinski definition) is 3. The van der Waals surface area contributed by atoms with E-state index in [9.17, 15) is 0 Å². The molecule has 0 atom stereocenters. The zero-order valence-corrected chi connectivity index (χ0v) is 12.1. The Morgan fingerprint density at radius 2 is 0.562 bits per heavy atom. The molecular formula is H6GaN3O9S3. The van der Waals surface area contributed by atoms with Crippen LogP contribution in [-0.4, -0.2) is 58.7 Å². The molecule has 16 heteroatoms. The van der Waals surface area contributed by atoms with E-state index in [1.165, 1.54) is 0 Å². The van der Waals surface area contributed by atoms with E-state index < -0.39 is 30.9 Å². The summed E-state index contributed by atoms with van der Waals surface area (Å²) in [5.74, 6) is 0. The number of hydrogen-bond acceptors (Lipinski definition) is 9. The first kappa shape index (κ1) is 25.2. The summed E-state index contributed by atoms with van der Waals surface area (Å²) < 4.78 is 79.7. The summed E-state index contributed by atoms with van der Waals surface area (Å²) in [6.45, 7) is 0. The van der Waals surface area contributed by atoms with Crippen molar-refractivity contribution in [2.45, 2.75) is 0 Å². The molecule has 0 aliphatic heterocycles. The molecule has 0 spiro atoms. The van der Waals surface area contributed by atoms with Crippen LogP contribution in [-0.2, 0) is 30.9 Å². The third-order valence-electron chi connectivity index (χ3n) is 0. The Balaban J connectivity index is -0.0000000655. The average Bonchev–Trinajstić information content (AvgIpc) is 1.41. The monoisotopic (exact) mass is 357 g/mol. The minimum absolute atomic E-state index is 0. The van der Waals surface area contributed by atoms with Gasteiger partial charge in [-0.25, -0.2) is 40.7 Å². The van der Waals surface area contributed by atoms with Crippen molar-refractivity contribution in [1.82, 2.24) is 0 Å². The fourth-order valence-corrected chi connectivity index (χ4v) is 0. The fraction of sp³-hybridized carbons (Fsp3) is 0. The molecule has 0 radical (unpaired) electrons. The van der Waals surface area contributed by atoms with Crippen molar-refractivity contribution >= 4 is 50.7 Å². The minimum Gasteiger partial charge on any atom is -0.736 e. The summed E-state index contributed by atoms with van der Waals surface area (Å²) >= 11 is 0.